The zero-order chi connectivity index (χ0) is 16.6. The SMILES string of the molecule is Cc1cccc2c(=O)n(CC(=O)N3C[C@@H](C)OC[C@@H]3C)cnc12. The second-order valence-corrected chi connectivity index (χ2v) is 6.19. The van der Waals surface area contributed by atoms with Crippen molar-refractivity contribution in [2.24, 2.45) is 0 Å². The molecule has 1 saturated heterocycles. The van der Waals surface area contributed by atoms with Gasteiger partial charge in [0, 0.05) is 6.54 Å². The Kier molecular flexibility index (Phi) is 4.17. The lowest BCUT2D eigenvalue weighted by atomic mass is 10.1. The van der Waals surface area contributed by atoms with Gasteiger partial charge in [0.05, 0.1) is 36.0 Å². The summed E-state index contributed by atoms with van der Waals surface area (Å²) >= 11 is 0. The molecule has 0 bridgehead atoms. The summed E-state index contributed by atoms with van der Waals surface area (Å²) < 4.78 is 6.93. The second-order valence-electron chi connectivity index (χ2n) is 6.19. The predicted molar refractivity (Wildman–Crippen MR) is 87.3 cm³/mol. The summed E-state index contributed by atoms with van der Waals surface area (Å²) in [6.07, 6.45) is 1.48. The van der Waals surface area contributed by atoms with E-state index in [9.17, 15) is 9.59 Å². The number of carbonyl (C=O) groups is 1. The first kappa shape index (κ1) is 15.7. The van der Waals surface area contributed by atoms with E-state index in [-0.39, 0.29) is 30.2 Å². The van der Waals surface area contributed by atoms with Crippen LogP contribution in [0.25, 0.3) is 10.9 Å². The third kappa shape index (κ3) is 2.99. The first-order valence-corrected chi connectivity index (χ1v) is 7.83. The van der Waals surface area contributed by atoms with Crippen molar-refractivity contribution in [2.45, 2.75) is 39.5 Å². The molecule has 1 aliphatic rings. The van der Waals surface area contributed by atoms with E-state index in [1.165, 1.54) is 10.9 Å². The molecule has 3 rings (SSSR count). The summed E-state index contributed by atoms with van der Waals surface area (Å²) in [7, 11) is 0. The number of aryl methyl sites for hydroxylation is 1. The highest BCUT2D eigenvalue weighted by Crippen LogP contribution is 2.13. The van der Waals surface area contributed by atoms with Crippen molar-refractivity contribution in [2.75, 3.05) is 13.2 Å². The van der Waals surface area contributed by atoms with Crippen LogP contribution in [0, 0.1) is 6.92 Å². The lowest BCUT2D eigenvalue weighted by Crippen LogP contribution is -2.51. The molecule has 1 aromatic heterocycles. The van der Waals surface area contributed by atoms with Crippen LogP contribution in [0.3, 0.4) is 0 Å². The quantitative estimate of drug-likeness (QED) is 0.839. The van der Waals surface area contributed by atoms with Gasteiger partial charge >= 0.3 is 0 Å². The molecule has 2 heterocycles. The molecular formula is C17H21N3O3. The molecule has 23 heavy (non-hydrogen) atoms. The van der Waals surface area contributed by atoms with Gasteiger partial charge in [-0.2, -0.15) is 0 Å². The zero-order valence-corrected chi connectivity index (χ0v) is 13.7. The summed E-state index contributed by atoms with van der Waals surface area (Å²) in [6, 6.07) is 5.52. The number of morpholine rings is 1. The molecular weight excluding hydrogens is 294 g/mol. The van der Waals surface area contributed by atoms with Crippen molar-refractivity contribution in [3.8, 4) is 0 Å². The average Bonchev–Trinajstić information content (AvgIpc) is 2.53. The van der Waals surface area contributed by atoms with Crippen molar-refractivity contribution in [1.29, 1.82) is 0 Å². The van der Waals surface area contributed by atoms with Crippen molar-refractivity contribution in [3.63, 3.8) is 0 Å². The van der Waals surface area contributed by atoms with Crippen molar-refractivity contribution >= 4 is 16.8 Å². The lowest BCUT2D eigenvalue weighted by molar-refractivity contribution is -0.143. The molecule has 0 aliphatic carbocycles. The fourth-order valence-corrected chi connectivity index (χ4v) is 2.94. The number of rotatable bonds is 2. The molecule has 6 nitrogen and oxygen atoms in total. The Morgan fingerprint density at radius 2 is 2.17 bits per heavy atom. The van der Waals surface area contributed by atoms with E-state index >= 15 is 0 Å². The smallest absolute Gasteiger partial charge is 0.261 e. The maximum Gasteiger partial charge on any atom is 0.261 e. The van der Waals surface area contributed by atoms with Gasteiger partial charge in [-0.3, -0.25) is 14.2 Å². The molecule has 0 saturated carbocycles. The Bertz CT molecular complexity index is 799. The lowest BCUT2D eigenvalue weighted by Gasteiger charge is -2.36. The van der Waals surface area contributed by atoms with Crippen LogP contribution < -0.4 is 5.56 Å². The number of carbonyl (C=O) groups excluding carboxylic acids is 1. The molecule has 2 aromatic rings. The number of ether oxygens (including phenoxy) is 1. The van der Waals surface area contributed by atoms with Crippen LogP contribution in [0.4, 0.5) is 0 Å². The number of aromatic nitrogens is 2. The van der Waals surface area contributed by atoms with Crippen molar-refractivity contribution in [1.82, 2.24) is 14.5 Å². The number of benzene rings is 1. The Morgan fingerprint density at radius 3 is 2.96 bits per heavy atom. The predicted octanol–water partition coefficient (Wildman–Crippen LogP) is 1.34. The molecule has 122 valence electrons. The molecule has 0 radical (unpaired) electrons. The van der Waals surface area contributed by atoms with Gasteiger partial charge in [-0.15, -0.1) is 0 Å². The van der Waals surface area contributed by atoms with Crippen molar-refractivity contribution < 1.29 is 9.53 Å². The van der Waals surface area contributed by atoms with Crippen LogP contribution in [0.2, 0.25) is 0 Å². The molecule has 6 heteroatoms. The van der Waals surface area contributed by atoms with Crippen LogP contribution >= 0.6 is 0 Å². The van der Waals surface area contributed by atoms with Crippen LogP contribution in [-0.2, 0) is 16.1 Å². The van der Waals surface area contributed by atoms with E-state index in [0.29, 0.717) is 24.1 Å². The Morgan fingerprint density at radius 1 is 1.39 bits per heavy atom. The van der Waals surface area contributed by atoms with Crippen LogP contribution in [0.1, 0.15) is 19.4 Å². The minimum absolute atomic E-state index is 0.00672. The van der Waals surface area contributed by atoms with Crippen molar-refractivity contribution in [3.05, 3.63) is 40.4 Å². The van der Waals surface area contributed by atoms with E-state index in [2.05, 4.69) is 4.98 Å². The summed E-state index contributed by atoms with van der Waals surface area (Å²) in [5.41, 5.74) is 1.46. The van der Waals surface area contributed by atoms with Gasteiger partial charge < -0.3 is 9.64 Å². The van der Waals surface area contributed by atoms with E-state index in [1.807, 2.05) is 32.9 Å². The molecule has 1 aromatic carbocycles. The highest BCUT2D eigenvalue weighted by molar-refractivity contribution is 5.81. The van der Waals surface area contributed by atoms with Crippen LogP contribution in [0.5, 0.6) is 0 Å². The molecule has 2 atom stereocenters. The van der Waals surface area contributed by atoms with E-state index < -0.39 is 0 Å². The van der Waals surface area contributed by atoms with Crippen LogP contribution in [0.15, 0.2) is 29.3 Å². The molecule has 1 aliphatic heterocycles. The number of para-hydroxylation sites is 1. The van der Waals surface area contributed by atoms with Gasteiger partial charge in [0.2, 0.25) is 5.91 Å². The monoisotopic (exact) mass is 315 g/mol. The molecule has 1 amide bonds. The topological polar surface area (TPSA) is 64.4 Å². The Labute approximate surface area is 134 Å². The number of nitrogens with zero attached hydrogens (tertiary/aromatic N) is 3. The highest BCUT2D eigenvalue weighted by atomic mass is 16.5. The molecule has 0 unspecified atom stereocenters. The molecule has 0 spiro atoms. The maximum atomic E-state index is 12.6. The number of fused-ring (bicyclic) bond motifs is 1. The number of amides is 1. The number of hydrogen-bond donors (Lipinski definition) is 0. The summed E-state index contributed by atoms with van der Waals surface area (Å²) in [5, 5.41) is 0.545. The van der Waals surface area contributed by atoms with Crippen LogP contribution in [-0.4, -0.2) is 45.7 Å². The van der Waals surface area contributed by atoms with Gasteiger partial charge in [-0.05, 0) is 32.4 Å². The minimum Gasteiger partial charge on any atom is -0.375 e. The summed E-state index contributed by atoms with van der Waals surface area (Å²) in [6.45, 7) is 6.90. The van der Waals surface area contributed by atoms with Gasteiger partial charge in [0.15, 0.2) is 0 Å². The van der Waals surface area contributed by atoms with Gasteiger partial charge in [-0.1, -0.05) is 12.1 Å². The normalized spacial score (nSPS) is 21.6. The third-order valence-corrected chi connectivity index (χ3v) is 4.29. The Balaban J connectivity index is 1.88. The zero-order valence-electron chi connectivity index (χ0n) is 13.7. The van der Waals surface area contributed by atoms with Gasteiger partial charge in [-0.25, -0.2) is 4.98 Å². The fraction of sp³-hybridized carbons (Fsp3) is 0.471. The molecule has 1 fully saturated rings. The van der Waals surface area contributed by atoms with E-state index in [4.69, 9.17) is 4.74 Å². The summed E-state index contributed by atoms with van der Waals surface area (Å²) in [5.74, 6) is -0.0800. The second kappa shape index (κ2) is 6.12. The number of hydrogen-bond acceptors (Lipinski definition) is 4. The standard InChI is InChI=1S/C17H21N3O3/c1-11-5-4-6-14-16(11)18-10-19(17(14)22)8-15(21)20-7-13(3)23-9-12(20)2/h4-6,10,12-13H,7-9H2,1-3H3/t12-,13+/m0/s1. The van der Waals surface area contributed by atoms with Gasteiger partial charge in [0.1, 0.15) is 6.54 Å². The Hall–Kier alpha value is -2.21. The first-order valence-electron chi connectivity index (χ1n) is 7.83. The summed E-state index contributed by atoms with van der Waals surface area (Å²) in [4.78, 5) is 31.3. The minimum atomic E-state index is -0.180. The van der Waals surface area contributed by atoms with E-state index in [1.54, 1.807) is 11.0 Å². The molecule has 0 N–H and O–H groups in total. The fourth-order valence-electron chi connectivity index (χ4n) is 2.94. The van der Waals surface area contributed by atoms with Gasteiger partial charge in [0.25, 0.3) is 5.56 Å². The maximum absolute atomic E-state index is 12.6. The largest absolute Gasteiger partial charge is 0.375 e. The first-order chi connectivity index (χ1) is 11.0. The third-order valence-electron chi connectivity index (χ3n) is 4.29. The highest BCUT2D eigenvalue weighted by Gasteiger charge is 2.27. The average molecular weight is 315 g/mol. The van der Waals surface area contributed by atoms with E-state index in [0.717, 1.165) is 5.56 Å².